The molecule has 0 spiro atoms. The Hall–Kier alpha value is -1.55. The Bertz CT molecular complexity index is 371. The van der Waals surface area contributed by atoms with Crippen LogP contribution in [0.1, 0.15) is 43.5 Å². The smallest absolute Gasteiger partial charge is 0.251 e. The van der Waals surface area contributed by atoms with Crippen LogP contribution in [-0.4, -0.2) is 30.3 Å². The maximum Gasteiger partial charge on any atom is 0.251 e. The molecule has 0 aliphatic rings. The van der Waals surface area contributed by atoms with Crippen molar-refractivity contribution >= 4 is 5.91 Å². The second-order valence-corrected chi connectivity index (χ2v) is 4.49. The number of ether oxygens (including phenoxy) is 1. The third kappa shape index (κ3) is 5.30. The average molecular weight is 265 g/mol. The van der Waals surface area contributed by atoms with E-state index in [2.05, 4.69) is 12.2 Å². The van der Waals surface area contributed by atoms with Gasteiger partial charge in [0.2, 0.25) is 0 Å². The van der Waals surface area contributed by atoms with Crippen molar-refractivity contribution in [3.8, 4) is 5.75 Å². The first-order valence-electron chi connectivity index (χ1n) is 6.85. The minimum absolute atomic E-state index is 0.0412. The number of aliphatic hydroxyl groups excluding tert-OH is 1. The van der Waals surface area contributed by atoms with Crippen molar-refractivity contribution in [2.24, 2.45) is 0 Å². The Balaban J connectivity index is 2.52. The molecule has 2 N–H and O–H groups in total. The molecule has 0 fully saturated rings. The number of carbonyl (C=O) groups is 1. The Morgan fingerprint density at radius 2 is 2.00 bits per heavy atom. The molecule has 0 saturated carbocycles. The normalized spacial score (nSPS) is 11.9. The lowest BCUT2D eigenvalue weighted by atomic mass is 10.1. The minimum atomic E-state index is -0.187. The van der Waals surface area contributed by atoms with E-state index in [1.807, 2.05) is 6.92 Å². The highest BCUT2D eigenvalue weighted by atomic mass is 16.5. The lowest BCUT2D eigenvalue weighted by molar-refractivity contribution is 0.0915. The van der Waals surface area contributed by atoms with Crippen LogP contribution in [0.2, 0.25) is 0 Å². The molecule has 4 nitrogen and oxygen atoms in total. The molecule has 1 rings (SSSR count). The van der Waals surface area contributed by atoms with Gasteiger partial charge in [0.15, 0.2) is 0 Å². The molecule has 0 aliphatic carbocycles. The molecule has 19 heavy (non-hydrogen) atoms. The van der Waals surface area contributed by atoms with E-state index in [0.29, 0.717) is 18.6 Å². The van der Waals surface area contributed by atoms with Crippen LogP contribution in [0.25, 0.3) is 0 Å². The van der Waals surface area contributed by atoms with Crippen molar-refractivity contribution in [2.75, 3.05) is 13.2 Å². The molecule has 0 heterocycles. The fraction of sp³-hybridized carbons (Fsp3) is 0.533. The molecule has 0 radical (unpaired) electrons. The Morgan fingerprint density at radius 1 is 1.32 bits per heavy atom. The summed E-state index contributed by atoms with van der Waals surface area (Å²) >= 11 is 0. The van der Waals surface area contributed by atoms with E-state index in [9.17, 15) is 4.79 Å². The molecule has 0 aromatic heterocycles. The summed E-state index contributed by atoms with van der Waals surface area (Å²) in [5, 5.41) is 11.8. The fourth-order valence-corrected chi connectivity index (χ4v) is 1.58. The maximum atomic E-state index is 11.9. The van der Waals surface area contributed by atoms with E-state index in [1.54, 1.807) is 24.3 Å². The van der Waals surface area contributed by atoms with Crippen molar-refractivity contribution in [1.82, 2.24) is 5.32 Å². The lowest BCUT2D eigenvalue weighted by Crippen LogP contribution is -2.36. The third-order valence-electron chi connectivity index (χ3n) is 2.93. The summed E-state index contributed by atoms with van der Waals surface area (Å²) in [6.07, 6.45) is 2.83. The Morgan fingerprint density at radius 3 is 2.53 bits per heavy atom. The van der Waals surface area contributed by atoms with Crippen molar-refractivity contribution in [3.05, 3.63) is 29.8 Å². The average Bonchev–Trinajstić information content (AvgIpc) is 2.45. The minimum Gasteiger partial charge on any atom is -0.494 e. The topological polar surface area (TPSA) is 58.6 Å². The van der Waals surface area contributed by atoms with Crippen LogP contribution in [0.3, 0.4) is 0 Å². The standard InChI is InChI=1S/C15H23NO3/c1-3-5-10-19-14-8-6-12(7-9-14)15(18)16-13(4-2)11-17/h6-9,13,17H,3-5,10-11H2,1-2H3,(H,16,18). The lowest BCUT2D eigenvalue weighted by Gasteiger charge is -2.14. The van der Waals surface area contributed by atoms with Crippen LogP contribution in [0.4, 0.5) is 0 Å². The number of rotatable bonds is 8. The molecule has 1 amide bonds. The van der Waals surface area contributed by atoms with Crippen LogP contribution in [0.5, 0.6) is 5.75 Å². The predicted octanol–water partition coefficient (Wildman–Crippen LogP) is 2.37. The molecule has 106 valence electrons. The fourth-order valence-electron chi connectivity index (χ4n) is 1.58. The van der Waals surface area contributed by atoms with Crippen LogP contribution in [0.15, 0.2) is 24.3 Å². The summed E-state index contributed by atoms with van der Waals surface area (Å²) < 4.78 is 5.53. The second kappa shape index (κ2) is 8.53. The number of carbonyl (C=O) groups excluding carboxylic acids is 1. The van der Waals surface area contributed by atoms with Gasteiger partial charge < -0.3 is 15.2 Å². The first kappa shape index (κ1) is 15.5. The molecule has 0 bridgehead atoms. The van der Waals surface area contributed by atoms with Crippen molar-refractivity contribution in [2.45, 2.75) is 39.2 Å². The number of unbranched alkanes of at least 4 members (excludes halogenated alkanes) is 1. The van der Waals surface area contributed by atoms with Gasteiger partial charge in [-0.3, -0.25) is 4.79 Å². The van der Waals surface area contributed by atoms with Gasteiger partial charge in [-0.05, 0) is 37.1 Å². The summed E-state index contributed by atoms with van der Waals surface area (Å²) in [4.78, 5) is 11.9. The van der Waals surface area contributed by atoms with Gasteiger partial charge in [0.1, 0.15) is 5.75 Å². The monoisotopic (exact) mass is 265 g/mol. The predicted molar refractivity (Wildman–Crippen MR) is 75.5 cm³/mol. The van der Waals surface area contributed by atoms with E-state index >= 15 is 0 Å². The first-order valence-corrected chi connectivity index (χ1v) is 6.85. The number of nitrogens with one attached hydrogen (secondary N) is 1. The first-order chi connectivity index (χ1) is 9.21. The van der Waals surface area contributed by atoms with E-state index in [1.165, 1.54) is 0 Å². The van der Waals surface area contributed by atoms with Gasteiger partial charge in [-0.1, -0.05) is 20.3 Å². The molecule has 1 unspecified atom stereocenters. The van der Waals surface area contributed by atoms with Crippen LogP contribution >= 0.6 is 0 Å². The number of benzene rings is 1. The van der Waals surface area contributed by atoms with Crippen molar-refractivity contribution < 1.29 is 14.6 Å². The third-order valence-corrected chi connectivity index (χ3v) is 2.93. The zero-order chi connectivity index (χ0) is 14.1. The van der Waals surface area contributed by atoms with Gasteiger partial charge in [0, 0.05) is 5.56 Å². The van der Waals surface area contributed by atoms with E-state index < -0.39 is 0 Å². The molecule has 1 aromatic carbocycles. The maximum absolute atomic E-state index is 11.9. The van der Waals surface area contributed by atoms with Crippen molar-refractivity contribution in [3.63, 3.8) is 0 Å². The van der Waals surface area contributed by atoms with Crippen LogP contribution in [0, 0.1) is 0 Å². The highest BCUT2D eigenvalue weighted by Gasteiger charge is 2.11. The molecular formula is C15H23NO3. The Labute approximate surface area is 114 Å². The molecule has 4 heteroatoms. The van der Waals surface area contributed by atoms with Gasteiger partial charge >= 0.3 is 0 Å². The van der Waals surface area contributed by atoms with Gasteiger partial charge in [-0.2, -0.15) is 0 Å². The number of amides is 1. The SMILES string of the molecule is CCCCOc1ccc(C(=O)NC(CC)CO)cc1. The van der Waals surface area contributed by atoms with Gasteiger partial charge in [0.05, 0.1) is 19.3 Å². The summed E-state index contributed by atoms with van der Waals surface area (Å²) in [5.74, 6) is 0.611. The molecule has 1 atom stereocenters. The van der Waals surface area contributed by atoms with E-state index in [0.717, 1.165) is 18.6 Å². The summed E-state index contributed by atoms with van der Waals surface area (Å²) in [7, 11) is 0. The molecular weight excluding hydrogens is 242 g/mol. The Kier molecular flexibility index (Phi) is 6.97. The second-order valence-electron chi connectivity index (χ2n) is 4.49. The van der Waals surface area contributed by atoms with Gasteiger partial charge in [-0.15, -0.1) is 0 Å². The van der Waals surface area contributed by atoms with Gasteiger partial charge in [0.25, 0.3) is 5.91 Å². The van der Waals surface area contributed by atoms with E-state index in [4.69, 9.17) is 9.84 Å². The quantitative estimate of drug-likeness (QED) is 0.709. The summed E-state index contributed by atoms with van der Waals surface area (Å²) in [5.41, 5.74) is 0.578. The number of aliphatic hydroxyl groups is 1. The van der Waals surface area contributed by atoms with Crippen molar-refractivity contribution in [1.29, 1.82) is 0 Å². The highest BCUT2D eigenvalue weighted by Crippen LogP contribution is 2.13. The van der Waals surface area contributed by atoms with Crippen LogP contribution in [-0.2, 0) is 0 Å². The highest BCUT2D eigenvalue weighted by molar-refractivity contribution is 5.94. The largest absolute Gasteiger partial charge is 0.494 e. The molecule has 1 aromatic rings. The summed E-state index contributed by atoms with van der Waals surface area (Å²) in [6.45, 7) is 4.69. The van der Waals surface area contributed by atoms with Gasteiger partial charge in [-0.25, -0.2) is 0 Å². The summed E-state index contributed by atoms with van der Waals surface area (Å²) in [6, 6.07) is 6.88. The van der Waals surface area contributed by atoms with E-state index in [-0.39, 0.29) is 18.6 Å². The number of hydrogen-bond acceptors (Lipinski definition) is 3. The zero-order valence-electron chi connectivity index (χ0n) is 11.7. The molecule has 0 aliphatic heterocycles. The number of hydrogen-bond donors (Lipinski definition) is 2. The van der Waals surface area contributed by atoms with Crippen LogP contribution < -0.4 is 10.1 Å². The zero-order valence-corrected chi connectivity index (χ0v) is 11.7. The molecule has 0 saturated heterocycles.